The number of oxazole rings is 1. The molecule has 0 aliphatic carbocycles. The van der Waals surface area contributed by atoms with Crippen LogP contribution in [0.3, 0.4) is 0 Å². The largest absolute Gasteiger partial charge is 0.450 e. The van der Waals surface area contributed by atoms with Crippen LogP contribution in [0.15, 0.2) is 22.6 Å². The summed E-state index contributed by atoms with van der Waals surface area (Å²) in [6, 6.07) is 4.30. The van der Waals surface area contributed by atoms with Crippen molar-refractivity contribution < 1.29 is 14.1 Å². The first kappa shape index (κ1) is 11.9. The second-order valence-corrected chi connectivity index (χ2v) is 4.56. The van der Waals surface area contributed by atoms with Crippen LogP contribution in [0.2, 0.25) is 0 Å². The van der Waals surface area contributed by atoms with Gasteiger partial charge >= 0.3 is 6.08 Å². The van der Waals surface area contributed by atoms with Gasteiger partial charge in [-0.1, -0.05) is 0 Å². The van der Waals surface area contributed by atoms with E-state index < -0.39 is 4.92 Å². The molecule has 0 spiro atoms. The van der Waals surface area contributed by atoms with Crippen molar-refractivity contribution in [1.29, 1.82) is 0 Å². The lowest BCUT2D eigenvalue weighted by atomic mass is 10.1. The summed E-state index contributed by atoms with van der Waals surface area (Å²) in [6.45, 7) is 2.49. The van der Waals surface area contributed by atoms with Crippen molar-refractivity contribution in [1.82, 2.24) is 10.3 Å². The van der Waals surface area contributed by atoms with Crippen LogP contribution in [0.25, 0.3) is 11.1 Å². The van der Waals surface area contributed by atoms with Crippen LogP contribution in [0.5, 0.6) is 6.08 Å². The maximum absolute atomic E-state index is 10.7. The van der Waals surface area contributed by atoms with E-state index in [4.69, 9.17) is 9.15 Å². The number of nitro benzene ring substituents is 1. The molecule has 2 heterocycles. The summed E-state index contributed by atoms with van der Waals surface area (Å²) in [7, 11) is 0. The second kappa shape index (κ2) is 4.85. The standard InChI is InChI=1S/C12H13N3O4/c16-15(17)9-1-2-11-10(5-9)14-12(19-11)18-7-8-3-4-13-6-8/h1-2,5,8,13H,3-4,6-7H2/t8-/m1/s1. The van der Waals surface area contributed by atoms with Crippen molar-refractivity contribution >= 4 is 16.8 Å². The van der Waals surface area contributed by atoms with E-state index in [0.29, 0.717) is 23.6 Å². The van der Waals surface area contributed by atoms with Gasteiger partial charge in [0.25, 0.3) is 5.69 Å². The Morgan fingerprint density at radius 2 is 2.47 bits per heavy atom. The van der Waals surface area contributed by atoms with Crippen LogP contribution in [-0.2, 0) is 0 Å². The smallest absolute Gasteiger partial charge is 0.394 e. The van der Waals surface area contributed by atoms with Crippen molar-refractivity contribution in [2.45, 2.75) is 6.42 Å². The minimum atomic E-state index is -0.459. The van der Waals surface area contributed by atoms with E-state index in [1.807, 2.05) is 0 Å². The Morgan fingerprint density at radius 3 is 3.21 bits per heavy atom. The lowest BCUT2D eigenvalue weighted by molar-refractivity contribution is -0.384. The third-order valence-corrected chi connectivity index (χ3v) is 3.17. The molecule has 19 heavy (non-hydrogen) atoms. The molecule has 0 unspecified atom stereocenters. The first-order valence-electron chi connectivity index (χ1n) is 6.11. The Morgan fingerprint density at radius 1 is 1.58 bits per heavy atom. The Balaban J connectivity index is 1.75. The van der Waals surface area contributed by atoms with Gasteiger partial charge in [0, 0.05) is 24.6 Å². The molecule has 1 aromatic heterocycles. The third kappa shape index (κ3) is 2.50. The van der Waals surface area contributed by atoms with Crippen LogP contribution in [0, 0.1) is 16.0 Å². The van der Waals surface area contributed by atoms with Gasteiger partial charge in [0.2, 0.25) is 0 Å². The molecular weight excluding hydrogens is 250 g/mol. The zero-order chi connectivity index (χ0) is 13.2. The summed E-state index contributed by atoms with van der Waals surface area (Å²) < 4.78 is 10.9. The van der Waals surface area contributed by atoms with Crippen LogP contribution in [-0.4, -0.2) is 29.6 Å². The number of hydrogen-bond acceptors (Lipinski definition) is 6. The molecule has 0 radical (unpaired) electrons. The lowest BCUT2D eigenvalue weighted by Gasteiger charge is -2.06. The third-order valence-electron chi connectivity index (χ3n) is 3.17. The molecule has 1 aromatic carbocycles. The van der Waals surface area contributed by atoms with Gasteiger partial charge < -0.3 is 14.5 Å². The monoisotopic (exact) mass is 263 g/mol. The number of ether oxygens (including phenoxy) is 1. The molecule has 3 rings (SSSR count). The second-order valence-electron chi connectivity index (χ2n) is 4.56. The molecule has 1 atom stereocenters. The molecular formula is C12H13N3O4. The summed E-state index contributed by atoms with van der Waals surface area (Å²) in [4.78, 5) is 14.3. The first-order chi connectivity index (χ1) is 9.22. The number of non-ortho nitro benzene ring substituents is 1. The van der Waals surface area contributed by atoms with Crippen LogP contribution >= 0.6 is 0 Å². The molecule has 100 valence electrons. The van der Waals surface area contributed by atoms with Gasteiger partial charge in [0.15, 0.2) is 5.58 Å². The van der Waals surface area contributed by atoms with Gasteiger partial charge in [-0.15, -0.1) is 0 Å². The quantitative estimate of drug-likeness (QED) is 0.667. The molecule has 1 aliphatic heterocycles. The minimum absolute atomic E-state index is 0.00709. The molecule has 0 saturated carbocycles. The van der Waals surface area contributed by atoms with E-state index in [1.165, 1.54) is 18.2 Å². The minimum Gasteiger partial charge on any atom is -0.450 e. The molecule has 7 nitrogen and oxygen atoms in total. The van der Waals surface area contributed by atoms with Gasteiger partial charge in [-0.25, -0.2) is 0 Å². The fourth-order valence-electron chi connectivity index (χ4n) is 2.12. The van der Waals surface area contributed by atoms with Crippen molar-refractivity contribution in [3.05, 3.63) is 28.3 Å². The highest BCUT2D eigenvalue weighted by Gasteiger charge is 2.17. The molecule has 1 fully saturated rings. The highest BCUT2D eigenvalue weighted by Crippen LogP contribution is 2.25. The number of hydrogen-bond donors (Lipinski definition) is 1. The van der Waals surface area contributed by atoms with Crippen LogP contribution in [0.1, 0.15) is 6.42 Å². The molecule has 0 bridgehead atoms. The van der Waals surface area contributed by atoms with Gasteiger partial charge in [0.1, 0.15) is 5.52 Å². The van der Waals surface area contributed by atoms with E-state index in [1.54, 1.807) is 0 Å². The van der Waals surface area contributed by atoms with Gasteiger partial charge in [-0.2, -0.15) is 4.98 Å². The van der Waals surface area contributed by atoms with E-state index in [0.717, 1.165) is 19.5 Å². The number of nitro groups is 1. The average Bonchev–Trinajstić information content (AvgIpc) is 3.04. The zero-order valence-electron chi connectivity index (χ0n) is 10.2. The fraction of sp³-hybridized carbons (Fsp3) is 0.417. The van der Waals surface area contributed by atoms with Gasteiger partial charge in [-0.3, -0.25) is 10.1 Å². The van der Waals surface area contributed by atoms with Crippen molar-refractivity contribution in [2.75, 3.05) is 19.7 Å². The summed E-state index contributed by atoms with van der Waals surface area (Å²) in [5.41, 5.74) is 0.922. The highest BCUT2D eigenvalue weighted by atomic mass is 16.6. The Bertz CT molecular complexity index is 604. The van der Waals surface area contributed by atoms with Gasteiger partial charge in [0.05, 0.1) is 11.5 Å². The molecule has 0 amide bonds. The predicted molar refractivity (Wildman–Crippen MR) is 67.1 cm³/mol. The summed E-state index contributed by atoms with van der Waals surface area (Å²) in [6.07, 6.45) is 1.24. The average molecular weight is 263 g/mol. The number of rotatable bonds is 4. The first-order valence-corrected chi connectivity index (χ1v) is 6.11. The van der Waals surface area contributed by atoms with Gasteiger partial charge in [-0.05, 0) is 19.0 Å². The zero-order valence-corrected chi connectivity index (χ0v) is 10.2. The van der Waals surface area contributed by atoms with E-state index >= 15 is 0 Å². The number of nitrogens with zero attached hydrogens (tertiary/aromatic N) is 2. The topological polar surface area (TPSA) is 90.4 Å². The van der Waals surface area contributed by atoms with Crippen LogP contribution < -0.4 is 10.1 Å². The fourth-order valence-corrected chi connectivity index (χ4v) is 2.12. The summed E-state index contributed by atoms with van der Waals surface area (Å²) in [5.74, 6) is 0.462. The van der Waals surface area contributed by atoms with Crippen molar-refractivity contribution in [3.8, 4) is 6.08 Å². The SMILES string of the molecule is O=[N+]([O-])c1ccc2oc(OC[C@@H]3CCNC3)nc2c1. The van der Waals surface area contributed by atoms with Crippen molar-refractivity contribution in [3.63, 3.8) is 0 Å². The molecule has 1 N–H and O–H groups in total. The molecule has 7 heteroatoms. The number of fused-ring (bicyclic) bond motifs is 1. The molecule has 1 aliphatic rings. The Kier molecular flexibility index (Phi) is 3.04. The molecule has 1 saturated heterocycles. The number of nitrogens with one attached hydrogen (secondary N) is 1. The van der Waals surface area contributed by atoms with E-state index in [9.17, 15) is 10.1 Å². The summed E-state index contributed by atoms with van der Waals surface area (Å²) in [5, 5.41) is 13.9. The van der Waals surface area contributed by atoms with Crippen molar-refractivity contribution in [2.24, 2.45) is 5.92 Å². The lowest BCUT2D eigenvalue weighted by Crippen LogP contribution is -2.15. The summed E-state index contributed by atoms with van der Waals surface area (Å²) >= 11 is 0. The number of benzene rings is 1. The van der Waals surface area contributed by atoms with E-state index in [2.05, 4.69) is 10.3 Å². The van der Waals surface area contributed by atoms with E-state index in [-0.39, 0.29) is 11.8 Å². The highest BCUT2D eigenvalue weighted by molar-refractivity contribution is 5.75. The Hall–Kier alpha value is -2.15. The maximum Gasteiger partial charge on any atom is 0.394 e. The predicted octanol–water partition coefficient (Wildman–Crippen LogP) is 1.72. The molecule has 2 aromatic rings. The number of aromatic nitrogens is 1. The van der Waals surface area contributed by atoms with Crippen LogP contribution in [0.4, 0.5) is 5.69 Å². The maximum atomic E-state index is 10.7. The Labute approximate surface area is 108 Å². The normalized spacial score (nSPS) is 18.8.